The number of carboxylic acids is 1. The SMILES string of the molecule is CCCN(CC(=O)O)C(=O)c1ccc(Br)c(F)c1. The summed E-state index contributed by atoms with van der Waals surface area (Å²) in [7, 11) is 0. The van der Waals surface area contributed by atoms with Crippen molar-refractivity contribution in [3.05, 3.63) is 34.1 Å². The van der Waals surface area contributed by atoms with Gasteiger partial charge in [0.2, 0.25) is 0 Å². The van der Waals surface area contributed by atoms with Crippen LogP contribution in [0.25, 0.3) is 0 Å². The van der Waals surface area contributed by atoms with Crippen LogP contribution in [0.3, 0.4) is 0 Å². The van der Waals surface area contributed by atoms with Gasteiger partial charge >= 0.3 is 5.97 Å². The van der Waals surface area contributed by atoms with Crippen LogP contribution in [0.4, 0.5) is 4.39 Å². The Kier molecular flexibility index (Phi) is 5.27. The highest BCUT2D eigenvalue weighted by Crippen LogP contribution is 2.17. The van der Waals surface area contributed by atoms with Gasteiger partial charge < -0.3 is 10.0 Å². The van der Waals surface area contributed by atoms with Crippen LogP contribution < -0.4 is 0 Å². The minimum atomic E-state index is -1.09. The molecule has 0 fully saturated rings. The molecule has 0 spiro atoms. The minimum absolute atomic E-state index is 0.144. The van der Waals surface area contributed by atoms with Gasteiger partial charge in [-0.1, -0.05) is 6.92 Å². The Morgan fingerprint density at radius 3 is 2.61 bits per heavy atom. The topological polar surface area (TPSA) is 57.6 Å². The molecule has 0 aliphatic rings. The number of rotatable bonds is 5. The molecule has 0 aliphatic carbocycles. The second kappa shape index (κ2) is 6.49. The molecule has 0 unspecified atom stereocenters. The molecule has 1 N–H and O–H groups in total. The lowest BCUT2D eigenvalue weighted by atomic mass is 10.2. The van der Waals surface area contributed by atoms with Crippen LogP contribution >= 0.6 is 15.9 Å². The van der Waals surface area contributed by atoms with Gasteiger partial charge in [0.25, 0.3) is 5.91 Å². The summed E-state index contributed by atoms with van der Waals surface area (Å²) in [5.41, 5.74) is 0.144. The van der Waals surface area contributed by atoms with Gasteiger partial charge in [-0.25, -0.2) is 4.39 Å². The third kappa shape index (κ3) is 3.80. The zero-order valence-corrected chi connectivity index (χ0v) is 11.4. The second-order valence-electron chi connectivity index (χ2n) is 3.75. The maximum Gasteiger partial charge on any atom is 0.323 e. The Morgan fingerprint density at radius 1 is 1.44 bits per heavy atom. The number of carbonyl (C=O) groups is 2. The normalized spacial score (nSPS) is 10.2. The lowest BCUT2D eigenvalue weighted by Crippen LogP contribution is -2.36. The van der Waals surface area contributed by atoms with E-state index < -0.39 is 17.7 Å². The third-order valence-electron chi connectivity index (χ3n) is 2.27. The molecule has 0 aromatic heterocycles. The molecule has 6 heteroatoms. The van der Waals surface area contributed by atoms with Crippen molar-refractivity contribution >= 4 is 27.8 Å². The third-order valence-corrected chi connectivity index (χ3v) is 2.92. The van der Waals surface area contributed by atoms with Crippen molar-refractivity contribution in [3.8, 4) is 0 Å². The van der Waals surface area contributed by atoms with E-state index in [0.717, 1.165) is 6.07 Å². The number of nitrogens with zero attached hydrogens (tertiary/aromatic N) is 1. The van der Waals surface area contributed by atoms with Crippen molar-refractivity contribution in [1.82, 2.24) is 4.90 Å². The highest BCUT2D eigenvalue weighted by Gasteiger charge is 2.18. The minimum Gasteiger partial charge on any atom is -0.480 e. The Balaban J connectivity index is 2.93. The molecule has 1 rings (SSSR count). The molecule has 0 saturated heterocycles. The van der Waals surface area contributed by atoms with Crippen LogP contribution in [0.1, 0.15) is 23.7 Å². The Hall–Kier alpha value is -1.43. The van der Waals surface area contributed by atoms with Gasteiger partial charge in [-0.05, 0) is 40.5 Å². The summed E-state index contributed by atoms with van der Waals surface area (Å²) < 4.78 is 13.6. The number of aliphatic carboxylic acids is 1. The van der Waals surface area contributed by atoms with Gasteiger partial charge in [0.15, 0.2) is 0 Å². The van der Waals surface area contributed by atoms with Crippen LogP contribution in [0.15, 0.2) is 22.7 Å². The molecule has 18 heavy (non-hydrogen) atoms. The number of carbonyl (C=O) groups excluding carboxylic acids is 1. The molecule has 1 amide bonds. The smallest absolute Gasteiger partial charge is 0.323 e. The molecule has 1 aromatic carbocycles. The first kappa shape index (κ1) is 14.6. The quantitative estimate of drug-likeness (QED) is 0.907. The Bertz CT molecular complexity index is 465. The first-order valence-corrected chi connectivity index (χ1v) is 6.21. The summed E-state index contributed by atoms with van der Waals surface area (Å²) in [4.78, 5) is 23.9. The zero-order valence-electron chi connectivity index (χ0n) is 9.82. The monoisotopic (exact) mass is 317 g/mol. The highest BCUT2D eigenvalue weighted by molar-refractivity contribution is 9.10. The number of hydrogen-bond acceptors (Lipinski definition) is 2. The fraction of sp³-hybridized carbons (Fsp3) is 0.333. The predicted octanol–water partition coefficient (Wildman–Crippen LogP) is 2.53. The maximum atomic E-state index is 13.3. The Labute approximate surface area is 113 Å². The van der Waals surface area contributed by atoms with Gasteiger partial charge in [-0.2, -0.15) is 0 Å². The van der Waals surface area contributed by atoms with Crippen molar-refractivity contribution in [2.24, 2.45) is 0 Å². The van der Waals surface area contributed by atoms with E-state index in [4.69, 9.17) is 5.11 Å². The summed E-state index contributed by atoms with van der Waals surface area (Å²) in [5, 5.41) is 8.73. The first-order valence-electron chi connectivity index (χ1n) is 5.41. The van der Waals surface area contributed by atoms with Crippen LogP contribution in [0, 0.1) is 5.82 Å². The zero-order chi connectivity index (χ0) is 13.7. The molecule has 0 aliphatic heterocycles. The van der Waals surface area contributed by atoms with Gasteiger partial charge in [-0.15, -0.1) is 0 Å². The van der Waals surface area contributed by atoms with E-state index in [-0.39, 0.29) is 16.6 Å². The molecule has 0 radical (unpaired) electrons. The number of benzene rings is 1. The summed E-state index contributed by atoms with van der Waals surface area (Å²) in [6.45, 7) is 1.78. The summed E-state index contributed by atoms with van der Waals surface area (Å²) >= 11 is 2.99. The molecule has 0 heterocycles. The van der Waals surface area contributed by atoms with E-state index in [1.807, 2.05) is 6.92 Å². The van der Waals surface area contributed by atoms with E-state index in [2.05, 4.69) is 15.9 Å². The average Bonchev–Trinajstić information content (AvgIpc) is 2.31. The largest absolute Gasteiger partial charge is 0.480 e. The molecular formula is C12H13BrFNO3. The van der Waals surface area contributed by atoms with Crippen LogP contribution in [-0.2, 0) is 4.79 Å². The van der Waals surface area contributed by atoms with Gasteiger partial charge in [0, 0.05) is 12.1 Å². The van der Waals surface area contributed by atoms with Gasteiger partial charge in [0.05, 0.1) is 4.47 Å². The fourth-order valence-corrected chi connectivity index (χ4v) is 1.74. The van der Waals surface area contributed by atoms with E-state index in [1.54, 1.807) is 0 Å². The van der Waals surface area contributed by atoms with Gasteiger partial charge in [0.1, 0.15) is 12.4 Å². The molecular weight excluding hydrogens is 305 g/mol. The summed E-state index contributed by atoms with van der Waals surface area (Å²) in [6.07, 6.45) is 0.637. The van der Waals surface area contributed by atoms with E-state index in [9.17, 15) is 14.0 Å². The predicted molar refractivity (Wildman–Crippen MR) is 67.9 cm³/mol. The van der Waals surface area contributed by atoms with Crippen molar-refractivity contribution in [2.75, 3.05) is 13.1 Å². The van der Waals surface area contributed by atoms with E-state index >= 15 is 0 Å². The number of amides is 1. The van der Waals surface area contributed by atoms with Crippen LogP contribution in [0.5, 0.6) is 0 Å². The van der Waals surface area contributed by atoms with Crippen molar-refractivity contribution in [1.29, 1.82) is 0 Å². The molecule has 0 atom stereocenters. The van der Waals surface area contributed by atoms with Crippen molar-refractivity contribution < 1.29 is 19.1 Å². The molecule has 4 nitrogen and oxygen atoms in total. The lowest BCUT2D eigenvalue weighted by molar-refractivity contribution is -0.137. The number of carboxylic acid groups (broad SMARTS) is 1. The standard InChI is InChI=1S/C12H13BrFNO3/c1-2-5-15(7-11(16)17)12(18)8-3-4-9(13)10(14)6-8/h3-4,6H,2,5,7H2,1H3,(H,16,17). The second-order valence-corrected chi connectivity index (χ2v) is 4.60. The summed E-state index contributed by atoms with van der Waals surface area (Å²) in [5.74, 6) is -2.12. The molecule has 0 saturated carbocycles. The fourth-order valence-electron chi connectivity index (χ4n) is 1.50. The van der Waals surface area contributed by atoms with E-state index in [1.165, 1.54) is 17.0 Å². The van der Waals surface area contributed by atoms with Crippen LogP contribution in [-0.4, -0.2) is 35.0 Å². The van der Waals surface area contributed by atoms with Gasteiger partial charge in [-0.3, -0.25) is 9.59 Å². The van der Waals surface area contributed by atoms with Crippen molar-refractivity contribution in [3.63, 3.8) is 0 Å². The van der Waals surface area contributed by atoms with Crippen LogP contribution in [0.2, 0.25) is 0 Å². The van der Waals surface area contributed by atoms with Crippen molar-refractivity contribution in [2.45, 2.75) is 13.3 Å². The molecule has 1 aromatic rings. The molecule has 98 valence electrons. The number of halogens is 2. The van der Waals surface area contributed by atoms with E-state index in [0.29, 0.717) is 13.0 Å². The number of hydrogen-bond donors (Lipinski definition) is 1. The Morgan fingerprint density at radius 2 is 2.11 bits per heavy atom. The lowest BCUT2D eigenvalue weighted by Gasteiger charge is -2.20. The first-order chi connectivity index (χ1) is 8.45. The summed E-state index contributed by atoms with van der Waals surface area (Å²) in [6, 6.07) is 3.98. The molecule has 0 bridgehead atoms. The maximum absolute atomic E-state index is 13.3. The highest BCUT2D eigenvalue weighted by atomic mass is 79.9. The average molecular weight is 318 g/mol.